The van der Waals surface area contributed by atoms with Crippen LogP contribution >= 0.6 is 0 Å². The average Bonchev–Trinajstić information content (AvgIpc) is 2.78. The third kappa shape index (κ3) is 6.80. The summed E-state index contributed by atoms with van der Waals surface area (Å²) in [7, 11) is 0. The van der Waals surface area contributed by atoms with Crippen LogP contribution in [0.4, 0.5) is 4.39 Å². The van der Waals surface area contributed by atoms with Crippen molar-refractivity contribution in [2.45, 2.75) is 104 Å². The quantitative estimate of drug-likeness (QED) is 0.349. The molecule has 3 heteroatoms. The highest BCUT2D eigenvalue weighted by Crippen LogP contribution is 2.38. The van der Waals surface area contributed by atoms with Crippen LogP contribution in [-0.4, -0.2) is 12.4 Å². The molecule has 0 aliphatic heterocycles. The van der Waals surface area contributed by atoms with E-state index in [0.29, 0.717) is 30.1 Å². The van der Waals surface area contributed by atoms with Crippen LogP contribution in [0.5, 0.6) is 5.75 Å². The van der Waals surface area contributed by atoms with Gasteiger partial charge in [-0.05, 0) is 68.1 Å². The lowest BCUT2D eigenvalue weighted by Crippen LogP contribution is -2.20. The van der Waals surface area contributed by atoms with Crippen LogP contribution in [0.1, 0.15) is 113 Å². The van der Waals surface area contributed by atoms with Crippen molar-refractivity contribution >= 4 is 5.78 Å². The Labute approximate surface area is 189 Å². The molecule has 0 saturated heterocycles. The maximum atomic E-state index is 14.5. The van der Waals surface area contributed by atoms with Gasteiger partial charge in [-0.2, -0.15) is 0 Å². The van der Waals surface area contributed by atoms with E-state index in [2.05, 4.69) is 6.92 Å². The van der Waals surface area contributed by atoms with E-state index in [1.807, 2.05) is 6.92 Å². The van der Waals surface area contributed by atoms with Crippen molar-refractivity contribution in [3.63, 3.8) is 0 Å². The molecule has 2 fully saturated rings. The smallest absolute Gasteiger partial charge is 0.168 e. The van der Waals surface area contributed by atoms with Crippen molar-refractivity contribution in [2.75, 3.05) is 6.61 Å². The summed E-state index contributed by atoms with van der Waals surface area (Å²) >= 11 is 0. The average molecular weight is 431 g/mol. The van der Waals surface area contributed by atoms with E-state index in [1.165, 1.54) is 64.2 Å². The van der Waals surface area contributed by atoms with E-state index in [4.69, 9.17) is 4.74 Å². The van der Waals surface area contributed by atoms with Gasteiger partial charge < -0.3 is 4.74 Å². The Morgan fingerprint density at radius 2 is 1.39 bits per heavy atom. The molecule has 2 nitrogen and oxygen atoms in total. The van der Waals surface area contributed by atoms with Crippen LogP contribution in [0, 0.1) is 36.4 Å². The molecule has 1 aromatic rings. The summed E-state index contributed by atoms with van der Waals surface area (Å²) in [5.74, 6) is 3.22. The first-order valence-electron chi connectivity index (χ1n) is 13.0. The first kappa shape index (κ1) is 24.3. The van der Waals surface area contributed by atoms with Gasteiger partial charge in [-0.15, -0.1) is 0 Å². The van der Waals surface area contributed by atoms with Gasteiger partial charge in [0.15, 0.2) is 17.3 Å². The first-order valence-corrected chi connectivity index (χ1v) is 13.0. The molecule has 3 rings (SSSR count). The maximum absolute atomic E-state index is 14.5. The molecule has 0 N–H and O–H groups in total. The first-order chi connectivity index (χ1) is 15.0. The standard InChI is InChI=1S/C28H43FO2/c1-4-6-21-7-9-22(10-8-21)11-12-23-13-15-24(16-14-23)19-26(30)25-17-18-27(31-5-2)28(29)20(25)3/h17-18,21-24H,4-16,19H2,1-3H3. The lowest BCUT2D eigenvalue weighted by molar-refractivity contribution is 0.0939. The number of carbonyl (C=O) groups is 1. The van der Waals surface area contributed by atoms with Crippen molar-refractivity contribution in [3.05, 3.63) is 29.1 Å². The van der Waals surface area contributed by atoms with Crippen LogP contribution < -0.4 is 4.74 Å². The fraction of sp³-hybridized carbons (Fsp3) is 0.750. The number of ether oxygens (including phenoxy) is 1. The Morgan fingerprint density at radius 1 is 0.871 bits per heavy atom. The second-order valence-corrected chi connectivity index (χ2v) is 10.3. The minimum Gasteiger partial charge on any atom is -0.491 e. The summed E-state index contributed by atoms with van der Waals surface area (Å²) in [4.78, 5) is 12.8. The van der Waals surface area contributed by atoms with Gasteiger partial charge in [0, 0.05) is 12.0 Å². The van der Waals surface area contributed by atoms with E-state index in [0.717, 1.165) is 30.6 Å². The Kier molecular flexibility index (Phi) is 9.41. The van der Waals surface area contributed by atoms with E-state index in [-0.39, 0.29) is 17.3 Å². The number of rotatable bonds is 10. The Hall–Kier alpha value is -1.38. The summed E-state index contributed by atoms with van der Waals surface area (Å²) < 4.78 is 19.8. The van der Waals surface area contributed by atoms with Gasteiger partial charge in [0.2, 0.25) is 0 Å². The zero-order valence-electron chi connectivity index (χ0n) is 20.1. The fourth-order valence-corrected chi connectivity index (χ4v) is 6.01. The van der Waals surface area contributed by atoms with Gasteiger partial charge in [0.1, 0.15) is 0 Å². The Morgan fingerprint density at radius 3 is 1.90 bits per heavy atom. The van der Waals surface area contributed by atoms with E-state index >= 15 is 0 Å². The number of carbonyl (C=O) groups excluding carboxylic acids is 1. The van der Waals surface area contributed by atoms with Crippen LogP contribution in [0.15, 0.2) is 12.1 Å². The lowest BCUT2D eigenvalue weighted by Gasteiger charge is -2.32. The highest BCUT2D eigenvalue weighted by atomic mass is 19.1. The zero-order valence-corrected chi connectivity index (χ0v) is 20.1. The second kappa shape index (κ2) is 12.0. The molecule has 0 amide bonds. The van der Waals surface area contributed by atoms with Gasteiger partial charge in [0.05, 0.1) is 6.61 Å². The molecular formula is C28H43FO2. The number of hydrogen-bond donors (Lipinski definition) is 0. The van der Waals surface area contributed by atoms with E-state index < -0.39 is 0 Å². The molecule has 2 aliphatic carbocycles. The SMILES string of the molecule is CCCC1CCC(CCC2CCC(CC(=O)c3ccc(OCC)c(F)c3C)CC2)CC1. The van der Waals surface area contributed by atoms with Crippen molar-refractivity contribution in [3.8, 4) is 5.75 Å². The van der Waals surface area contributed by atoms with Gasteiger partial charge >= 0.3 is 0 Å². The summed E-state index contributed by atoms with van der Waals surface area (Å²) in [5, 5.41) is 0. The third-order valence-corrected chi connectivity index (χ3v) is 8.04. The molecule has 0 heterocycles. The highest BCUT2D eigenvalue weighted by molar-refractivity contribution is 5.97. The van der Waals surface area contributed by atoms with Crippen molar-refractivity contribution < 1.29 is 13.9 Å². The topological polar surface area (TPSA) is 26.3 Å². The normalized spacial score (nSPS) is 26.6. The monoisotopic (exact) mass is 430 g/mol. The molecule has 0 bridgehead atoms. The third-order valence-electron chi connectivity index (χ3n) is 8.04. The molecule has 0 aromatic heterocycles. The number of benzene rings is 1. The summed E-state index contributed by atoms with van der Waals surface area (Å²) in [6.07, 6.45) is 16.8. The Bertz CT molecular complexity index is 697. The number of ketones is 1. The van der Waals surface area contributed by atoms with Gasteiger partial charge in [-0.3, -0.25) is 4.79 Å². The molecule has 0 unspecified atom stereocenters. The van der Waals surface area contributed by atoms with E-state index in [1.54, 1.807) is 19.1 Å². The van der Waals surface area contributed by atoms with E-state index in [9.17, 15) is 9.18 Å². The fourth-order valence-electron chi connectivity index (χ4n) is 6.01. The molecule has 2 aliphatic rings. The van der Waals surface area contributed by atoms with Crippen LogP contribution in [-0.2, 0) is 0 Å². The molecule has 0 radical (unpaired) electrons. The van der Waals surface area contributed by atoms with Gasteiger partial charge in [-0.1, -0.05) is 71.1 Å². The predicted molar refractivity (Wildman–Crippen MR) is 126 cm³/mol. The summed E-state index contributed by atoms with van der Waals surface area (Å²) in [6, 6.07) is 3.35. The minimum atomic E-state index is -0.389. The summed E-state index contributed by atoms with van der Waals surface area (Å²) in [5.41, 5.74) is 0.958. The molecule has 2 saturated carbocycles. The second-order valence-electron chi connectivity index (χ2n) is 10.3. The molecule has 174 valence electrons. The largest absolute Gasteiger partial charge is 0.491 e. The molecule has 1 aromatic carbocycles. The molecule has 31 heavy (non-hydrogen) atoms. The predicted octanol–water partition coefficient (Wildman–Crippen LogP) is 8.30. The maximum Gasteiger partial charge on any atom is 0.168 e. The van der Waals surface area contributed by atoms with Crippen molar-refractivity contribution in [1.82, 2.24) is 0 Å². The van der Waals surface area contributed by atoms with Crippen LogP contribution in [0.3, 0.4) is 0 Å². The number of hydrogen-bond acceptors (Lipinski definition) is 2. The Balaban J connectivity index is 1.39. The molecule has 0 spiro atoms. The number of Topliss-reactive ketones (excluding diaryl/α,β-unsaturated/α-hetero) is 1. The highest BCUT2D eigenvalue weighted by Gasteiger charge is 2.26. The molecule has 0 atom stereocenters. The van der Waals surface area contributed by atoms with Crippen LogP contribution in [0.2, 0.25) is 0 Å². The minimum absolute atomic E-state index is 0.0896. The van der Waals surface area contributed by atoms with Gasteiger partial charge in [0.25, 0.3) is 0 Å². The lowest BCUT2D eigenvalue weighted by atomic mass is 9.74. The van der Waals surface area contributed by atoms with Crippen molar-refractivity contribution in [2.24, 2.45) is 23.7 Å². The van der Waals surface area contributed by atoms with Crippen LogP contribution in [0.25, 0.3) is 0 Å². The zero-order chi connectivity index (χ0) is 22.2. The number of halogens is 1. The molecular weight excluding hydrogens is 387 g/mol. The van der Waals surface area contributed by atoms with Crippen molar-refractivity contribution in [1.29, 1.82) is 0 Å². The summed E-state index contributed by atoms with van der Waals surface area (Å²) in [6.45, 7) is 6.26. The van der Waals surface area contributed by atoms with Gasteiger partial charge in [-0.25, -0.2) is 4.39 Å².